The van der Waals surface area contributed by atoms with Crippen molar-refractivity contribution in [2.45, 2.75) is 20.8 Å². The standard InChI is InChI=1S/C19H16ClN5OS/c1-10-16-11(2)22-12(3)23-19(16)27-17(10)18(26)24-14-9-13(20)5-6-15(14)25-8-4-7-21-25/h4-9H,1-3H3,(H,24,26). The second-order valence-electron chi connectivity index (χ2n) is 6.16. The summed E-state index contributed by atoms with van der Waals surface area (Å²) in [6.45, 7) is 5.71. The number of nitrogens with zero attached hydrogens (tertiary/aromatic N) is 4. The first-order valence-corrected chi connectivity index (χ1v) is 9.48. The highest BCUT2D eigenvalue weighted by atomic mass is 35.5. The number of carbonyl (C=O) groups is 1. The Balaban J connectivity index is 1.76. The average molecular weight is 398 g/mol. The summed E-state index contributed by atoms with van der Waals surface area (Å²) in [5.74, 6) is 0.493. The molecular formula is C19H16ClN5OS. The van der Waals surface area contributed by atoms with Crippen LogP contribution in [0.1, 0.15) is 26.8 Å². The molecule has 27 heavy (non-hydrogen) atoms. The Morgan fingerprint density at radius 3 is 2.78 bits per heavy atom. The van der Waals surface area contributed by atoms with Crippen molar-refractivity contribution in [1.29, 1.82) is 0 Å². The summed E-state index contributed by atoms with van der Waals surface area (Å²) in [4.78, 5) is 23.3. The highest BCUT2D eigenvalue weighted by Gasteiger charge is 2.20. The number of halogens is 1. The number of benzene rings is 1. The van der Waals surface area contributed by atoms with E-state index in [9.17, 15) is 4.79 Å². The number of rotatable bonds is 3. The molecule has 4 aromatic rings. The maximum atomic E-state index is 13.0. The number of aryl methyl sites for hydroxylation is 3. The van der Waals surface area contributed by atoms with Crippen LogP contribution in [0.5, 0.6) is 0 Å². The van der Waals surface area contributed by atoms with Gasteiger partial charge in [0, 0.05) is 28.5 Å². The Hall–Kier alpha value is -2.77. The molecule has 0 aliphatic rings. The van der Waals surface area contributed by atoms with Crippen LogP contribution in [0, 0.1) is 20.8 Å². The van der Waals surface area contributed by atoms with Crippen molar-refractivity contribution >= 4 is 44.7 Å². The van der Waals surface area contributed by atoms with Crippen molar-refractivity contribution in [1.82, 2.24) is 19.7 Å². The Morgan fingerprint density at radius 1 is 1.22 bits per heavy atom. The van der Waals surface area contributed by atoms with Crippen molar-refractivity contribution in [3.05, 3.63) is 63.6 Å². The minimum atomic E-state index is -0.205. The highest BCUT2D eigenvalue weighted by Crippen LogP contribution is 2.32. The van der Waals surface area contributed by atoms with Gasteiger partial charge in [-0.3, -0.25) is 4.79 Å². The largest absolute Gasteiger partial charge is 0.319 e. The van der Waals surface area contributed by atoms with E-state index < -0.39 is 0 Å². The van der Waals surface area contributed by atoms with Crippen molar-refractivity contribution in [3.63, 3.8) is 0 Å². The number of hydrogen-bond acceptors (Lipinski definition) is 5. The molecule has 136 valence electrons. The van der Waals surface area contributed by atoms with Crippen LogP contribution >= 0.6 is 22.9 Å². The SMILES string of the molecule is Cc1nc(C)c2c(C)c(C(=O)Nc3cc(Cl)ccc3-n3cccn3)sc2n1. The van der Waals surface area contributed by atoms with Gasteiger partial charge < -0.3 is 5.32 Å². The van der Waals surface area contributed by atoms with Gasteiger partial charge in [0.15, 0.2) is 0 Å². The second-order valence-corrected chi connectivity index (χ2v) is 7.59. The Bertz CT molecular complexity index is 1170. The normalized spacial score (nSPS) is 11.1. The average Bonchev–Trinajstić information content (AvgIpc) is 3.23. The molecule has 0 saturated carbocycles. The Morgan fingerprint density at radius 2 is 2.04 bits per heavy atom. The summed E-state index contributed by atoms with van der Waals surface area (Å²) < 4.78 is 1.68. The van der Waals surface area contributed by atoms with E-state index in [-0.39, 0.29) is 5.91 Å². The van der Waals surface area contributed by atoms with Crippen molar-refractivity contribution in [2.24, 2.45) is 0 Å². The van der Waals surface area contributed by atoms with E-state index in [1.54, 1.807) is 23.0 Å². The van der Waals surface area contributed by atoms with Crippen molar-refractivity contribution in [2.75, 3.05) is 5.32 Å². The van der Waals surface area contributed by atoms with Crippen molar-refractivity contribution < 1.29 is 4.79 Å². The molecule has 3 heterocycles. The van der Waals surface area contributed by atoms with Gasteiger partial charge in [0.05, 0.1) is 16.3 Å². The van der Waals surface area contributed by atoms with Crippen LogP contribution in [0.15, 0.2) is 36.7 Å². The lowest BCUT2D eigenvalue weighted by Gasteiger charge is -2.11. The molecule has 0 fully saturated rings. The number of hydrogen-bond donors (Lipinski definition) is 1. The summed E-state index contributed by atoms with van der Waals surface area (Å²) in [5, 5.41) is 8.68. The first-order chi connectivity index (χ1) is 12.9. The van der Waals surface area contributed by atoms with Crippen LogP contribution < -0.4 is 5.32 Å². The lowest BCUT2D eigenvalue weighted by molar-refractivity contribution is 0.103. The summed E-state index contributed by atoms with van der Waals surface area (Å²) in [7, 11) is 0. The van der Waals surface area contributed by atoms with Gasteiger partial charge in [-0.2, -0.15) is 5.10 Å². The van der Waals surface area contributed by atoms with E-state index in [0.29, 0.717) is 21.4 Å². The van der Waals surface area contributed by atoms with Crippen LogP contribution in [0.25, 0.3) is 15.9 Å². The van der Waals surface area contributed by atoms with Crippen molar-refractivity contribution in [3.8, 4) is 5.69 Å². The number of carbonyl (C=O) groups excluding carboxylic acids is 1. The van der Waals surface area contributed by atoms with E-state index in [1.807, 2.05) is 39.1 Å². The third kappa shape index (κ3) is 3.20. The molecule has 0 unspecified atom stereocenters. The first kappa shape index (κ1) is 17.6. The van der Waals surface area contributed by atoms with Gasteiger partial charge >= 0.3 is 0 Å². The number of amides is 1. The predicted molar refractivity (Wildman–Crippen MR) is 108 cm³/mol. The summed E-state index contributed by atoms with van der Waals surface area (Å²) >= 11 is 7.51. The fraction of sp³-hybridized carbons (Fsp3) is 0.158. The van der Waals surface area contributed by atoms with Crippen LogP contribution in [0.3, 0.4) is 0 Å². The molecule has 0 aliphatic heterocycles. The first-order valence-electron chi connectivity index (χ1n) is 8.29. The van der Waals surface area contributed by atoms with Crippen LogP contribution in [-0.4, -0.2) is 25.7 Å². The summed E-state index contributed by atoms with van der Waals surface area (Å²) in [6.07, 6.45) is 3.49. The second kappa shape index (κ2) is 6.75. The highest BCUT2D eigenvalue weighted by molar-refractivity contribution is 7.20. The molecule has 6 nitrogen and oxygen atoms in total. The molecule has 0 radical (unpaired) electrons. The Kier molecular flexibility index (Phi) is 4.41. The van der Waals surface area contributed by atoms with Gasteiger partial charge in [0.25, 0.3) is 5.91 Å². The van der Waals surface area contributed by atoms with Gasteiger partial charge in [-0.25, -0.2) is 14.6 Å². The molecular weight excluding hydrogens is 382 g/mol. The van der Waals surface area contributed by atoms with Gasteiger partial charge in [-0.1, -0.05) is 11.6 Å². The van der Waals surface area contributed by atoms with E-state index in [1.165, 1.54) is 11.3 Å². The molecule has 0 saturated heterocycles. The van der Waals surface area contributed by atoms with E-state index in [0.717, 1.165) is 27.2 Å². The maximum Gasteiger partial charge on any atom is 0.266 e. The molecule has 0 spiro atoms. The molecule has 4 rings (SSSR count). The molecule has 1 aromatic carbocycles. The monoisotopic (exact) mass is 397 g/mol. The summed E-state index contributed by atoms with van der Waals surface area (Å²) in [5.41, 5.74) is 3.09. The quantitative estimate of drug-likeness (QED) is 0.543. The third-order valence-electron chi connectivity index (χ3n) is 4.25. The smallest absolute Gasteiger partial charge is 0.266 e. The molecule has 1 amide bonds. The fourth-order valence-electron chi connectivity index (χ4n) is 3.09. The molecule has 0 atom stereocenters. The number of fused-ring (bicyclic) bond motifs is 1. The van der Waals surface area contributed by atoms with Crippen LogP contribution in [0.4, 0.5) is 5.69 Å². The molecule has 0 aliphatic carbocycles. The van der Waals surface area contributed by atoms with Gasteiger partial charge in [0.2, 0.25) is 0 Å². The number of anilines is 1. The van der Waals surface area contributed by atoms with Gasteiger partial charge in [-0.15, -0.1) is 11.3 Å². The zero-order chi connectivity index (χ0) is 19.1. The number of nitrogens with one attached hydrogen (secondary N) is 1. The van der Waals surface area contributed by atoms with E-state index in [4.69, 9.17) is 11.6 Å². The third-order valence-corrected chi connectivity index (χ3v) is 5.67. The lowest BCUT2D eigenvalue weighted by atomic mass is 10.1. The Labute approximate surface area is 164 Å². The molecule has 0 bridgehead atoms. The fourth-order valence-corrected chi connectivity index (χ4v) is 4.43. The zero-order valence-corrected chi connectivity index (χ0v) is 16.5. The number of thiophene rings is 1. The predicted octanol–water partition coefficient (Wildman–Crippen LogP) is 4.71. The molecule has 3 aromatic heterocycles. The zero-order valence-electron chi connectivity index (χ0n) is 14.9. The van der Waals surface area contributed by atoms with E-state index >= 15 is 0 Å². The summed E-state index contributed by atoms with van der Waals surface area (Å²) in [6, 6.07) is 7.12. The molecule has 8 heteroatoms. The van der Waals surface area contributed by atoms with Crippen LogP contribution in [-0.2, 0) is 0 Å². The maximum absolute atomic E-state index is 13.0. The van der Waals surface area contributed by atoms with Gasteiger partial charge in [0.1, 0.15) is 10.7 Å². The van der Waals surface area contributed by atoms with Crippen LogP contribution in [0.2, 0.25) is 5.02 Å². The minimum Gasteiger partial charge on any atom is -0.319 e. The van der Waals surface area contributed by atoms with E-state index in [2.05, 4.69) is 20.4 Å². The lowest BCUT2D eigenvalue weighted by Crippen LogP contribution is -2.13. The number of aromatic nitrogens is 4. The minimum absolute atomic E-state index is 0.205. The topological polar surface area (TPSA) is 72.7 Å². The molecule has 1 N–H and O–H groups in total. The van der Waals surface area contributed by atoms with Gasteiger partial charge in [-0.05, 0) is 50.6 Å².